The lowest BCUT2D eigenvalue weighted by molar-refractivity contribution is -0.126. The van der Waals surface area contributed by atoms with Crippen LogP contribution in [0.2, 0.25) is 0 Å². The highest BCUT2D eigenvalue weighted by Gasteiger charge is 2.26. The van der Waals surface area contributed by atoms with Crippen LogP contribution in [0.4, 0.5) is 4.39 Å². The standard InChI is InChI=1S/C20H21FN2O3/c1-13(23-10-9-15-3-2-4-18(21)17(15)12-23)19(24)22-11-14-5-7-16(8-6-14)20(25)26/h2-8,13H,9-12H2,1H3,(H,22,24)(H,25,26). The van der Waals surface area contributed by atoms with Crippen molar-refractivity contribution in [3.05, 3.63) is 70.5 Å². The zero-order valence-electron chi connectivity index (χ0n) is 14.5. The fraction of sp³-hybridized carbons (Fsp3) is 0.300. The fourth-order valence-corrected chi connectivity index (χ4v) is 3.16. The van der Waals surface area contributed by atoms with Gasteiger partial charge < -0.3 is 10.4 Å². The third-order valence-electron chi connectivity index (χ3n) is 4.84. The molecular weight excluding hydrogens is 335 g/mol. The maximum absolute atomic E-state index is 14.0. The molecule has 0 saturated heterocycles. The number of hydrogen-bond donors (Lipinski definition) is 2. The van der Waals surface area contributed by atoms with E-state index in [1.165, 1.54) is 18.2 Å². The summed E-state index contributed by atoms with van der Waals surface area (Å²) in [5.74, 6) is -1.34. The summed E-state index contributed by atoms with van der Waals surface area (Å²) in [6, 6.07) is 11.1. The molecule has 2 aromatic rings. The molecule has 0 spiro atoms. The number of aromatic carboxylic acids is 1. The molecule has 1 atom stereocenters. The minimum absolute atomic E-state index is 0.132. The predicted octanol–water partition coefficient (Wildman–Crippen LogP) is 2.59. The third-order valence-corrected chi connectivity index (χ3v) is 4.84. The molecule has 0 aliphatic carbocycles. The monoisotopic (exact) mass is 356 g/mol. The van der Waals surface area contributed by atoms with Crippen LogP contribution in [0.1, 0.15) is 34.0 Å². The number of carboxylic acids is 1. The Morgan fingerprint density at radius 1 is 1.23 bits per heavy atom. The Morgan fingerprint density at radius 2 is 1.96 bits per heavy atom. The SMILES string of the molecule is CC(C(=O)NCc1ccc(C(=O)O)cc1)N1CCc2cccc(F)c2C1. The Bertz CT molecular complexity index is 820. The number of carboxylic acid groups (broad SMARTS) is 1. The number of rotatable bonds is 5. The van der Waals surface area contributed by atoms with E-state index in [1.807, 2.05) is 17.9 Å². The van der Waals surface area contributed by atoms with E-state index in [2.05, 4.69) is 5.32 Å². The zero-order valence-corrected chi connectivity index (χ0v) is 14.5. The summed E-state index contributed by atoms with van der Waals surface area (Å²) in [4.78, 5) is 25.3. The number of amides is 1. The van der Waals surface area contributed by atoms with Gasteiger partial charge in [0.25, 0.3) is 0 Å². The second-order valence-corrected chi connectivity index (χ2v) is 6.49. The van der Waals surface area contributed by atoms with Gasteiger partial charge in [0.05, 0.1) is 11.6 Å². The summed E-state index contributed by atoms with van der Waals surface area (Å²) in [5, 5.41) is 11.8. The molecule has 3 rings (SSSR count). The van der Waals surface area contributed by atoms with Gasteiger partial charge in [-0.25, -0.2) is 9.18 Å². The second kappa shape index (κ2) is 7.66. The summed E-state index contributed by atoms with van der Waals surface area (Å²) in [6.07, 6.45) is 0.724. The molecule has 0 bridgehead atoms. The number of carbonyl (C=O) groups is 2. The van der Waals surface area contributed by atoms with E-state index in [-0.39, 0.29) is 23.3 Å². The summed E-state index contributed by atoms with van der Waals surface area (Å²) in [6.45, 7) is 3.26. The molecule has 1 aliphatic rings. The van der Waals surface area contributed by atoms with Gasteiger partial charge >= 0.3 is 5.97 Å². The Kier molecular flexibility index (Phi) is 5.32. The summed E-state index contributed by atoms with van der Waals surface area (Å²) in [7, 11) is 0. The van der Waals surface area contributed by atoms with Crippen LogP contribution in [0.15, 0.2) is 42.5 Å². The highest BCUT2D eigenvalue weighted by atomic mass is 19.1. The molecule has 0 radical (unpaired) electrons. The fourth-order valence-electron chi connectivity index (χ4n) is 3.16. The van der Waals surface area contributed by atoms with Crippen molar-refractivity contribution in [2.24, 2.45) is 0 Å². The maximum atomic E-state index is 14.0. The highest BCUT2D eigenvalue weighted by molar-refractivity contribution is 5.87. The minimum atomic E-state index is -0.980. The van der Waals surface area contributed by atoms with E-state index >= 15 is 0 Å². The molecule has 1 aliphatic heterocycles. The van der Waals surface area contributed by atoms with Crippen molar-refractivity contribution < 1.29 is 19.1 Å². The van der Waals surface area contributed by atoms with Crippen LogP contribution in [-0.2, 0) is 24.3 Å². The van der Waals surface area contributed by atoms with Crippen LogP contribution < -0.4 is 5.32 Å². The van der Waals surface area contributed by atoms with Crippen LogP contribution in [0.5, 0.6) is 0 Å². The van der Waals surface area contributed by atoms with E-state index in [1.54, 1.807) is 18.2 Å². The van der Waals surface area contributed by atoms with Gasteiger partial charge in [-0.1, -0.05) is 24.3 Å². The van der Waals surface area contributed by atoms with Crippen LogP contribution >= 0.6 is 0 Å². The molecule has 2 N–H and O–H groups in total. The zero-order chi connectivity index (χ0) is 18.7. The van der Waals surface area contributed by atoms with Gasteiger partial charge in [0.15, 0.2) is 0 Å². The third kappa shape index (κ3) is 3.91. The number of halogens is 1. The topological polar surface area (TPSA) is 69.6 Å². The first-order valence-electron chi connectivity index (χ1n) is 8.56. The lowest BCUT2D eigenvalue weighted by Gasteiger charge is -2.33. The lowest BCUT2D eigenvalue weighted by atomic mass is 9.98. The average Bonchev–Trinajstić information content (AvgIpc) is 2.66. The number of hydrogen-bond acceptors (Lipinski definition) is 3. The predicted molar refractivity (Wildman–Crippen MR) is 95.2 cm³/mol. The molecule has 0 aromatic heterocycles. The molecule has 1 heterocycles. The van der Waals surface area contributed by atoms with Crippen LogP contribution in [0.3, 0.4) is 0 Å². The van der Waals surface area contributed by atoms with Crippen molar-refractivity contribution >= 4 is 11.9 Å². The smallest absolute Gasteiger partial charge is 0.335 e. The lowest BCUT2D eigenvalue weighted by Crippen LogP contribution is -2.47. The maximum Gasteiger partial charge on any atom is 0.335 e. The van der Waals surface area contributed by atoms with Gasteiger partial charge in [-0.3, -0.25) is 9.69 Å². The first kappa shape index (κ1) is 18.1. The first-order valence-corrected chi connectivity index (χ1v) is 8.56. The number of nitrogens with one attached hydrogen (secondary N) is 1. The van der Waals surface area contributed by atoms with Gasteiger partial charge in [0.1, 0.15) is 5.82 Å². The summed E-state index contributed by atoms with van der Waals surface area (Å²) < 4.78 is 14.0. The van der Waals surface area contributed by atoms with Gasteiger partial charge in [0.2, 0.25) is 5.91 Å². The van der Waals surface area contributed by atoms with Gasteiger partial charge in [-0.15, -0.1) is 0 Å². The summed E-state index contributed by atoms with van der Waals surface area (Å²) in [5.41, 5.74) is 2.71. The van der Waals surface area contributed by atoms with E-state index in [0.717, 1.165) is 17.5 Å². The molecule has 6 heteroatoms. The van der Waals surface area contributed by atoms with Crippen molar-refractivity contribution in [3.8, 4) is 0 Å². The second-order valence-electron chi connectivity index (χ2n) is 6.49. The number of fused-ring (bicyclic) bond motifs is 1. The minimum Gasteiger partial charge on any atom is -0.478 e. The van der Waals surface area contributed by atoms with E-state index in [0.29, 0.717) is 25.2 Å². The van der Waals surface area contributed by atoms with Crippen LogP contribution in [0, 0.1) is 5.82 Å². The normalized spacial score (nSPS) is 15.2. The quantitative estimate of drug-likeness (QED) is 0.864. The van der Waals surface area contributed by atoms with Gasteiger partial charge in [-0.2, -0.15) is 0 Å². The number of nitrogens with zero attached hydrogens (tertiary/aromatic N) is 1. The molecule has 5 nitrogen and oxygen atoms in total. The van der Waals surface area contributed by atoms with Crippen molar-refractivity contribution in [1.29, 1.82) is 0 Å². The number of carbonyl (C=O) groups excluding carboxylic acids is 1. The molecule has 0 saturated carbocycles. The molecule has 136 valence electrons. The van der Waals surface area contributed by atoms with Crippen molar-refractivity contribution in [2.45, 2.75) is 32.5 Å². The number of benzene rings is 2. The molecule has 1 amide bonds. The Hall–Kier alpha value is -2.73. The highest BCUT2D eigenvalue weighted by Crippen LogP contribution is 2.23. The van der Waals surface area contributed by atoms with E-state index in [9.17, 15) is 14.0 Å². The van der Waals surface area contributed by atoms with E-state index < -0.39 is 5.97 Å². The Balaban J connectivity index is 1.58. The van der Waals surface area contributed by atoms with Crippen molar-refractivity contribution in [2.75, 3.05) is 6.54 Å². The molecular formula is C20H21FN2O3. The van der Waals surface area contributed by atoms with Gasteiger partial charge in [0, 0.05) is 25.2 Å². The van der Waals surface area contributed by atoms with Crippen LogP contribution in [-0.4, -0.2) is 34.5 Å². The average molecular weight is 356 g/mol. The van der Waals surface area contributed by atoms with Crippen molar-refractivity contribution in [1.82, 2.24) is 10.2 Å². The summed E-state index contributed by atoms with van der Waals surface area (Å²) >= 11 is 0. The molecule has 26 heavy (non-hydrogen) atoms. The largest absolute Gasteiger partial charge is 0.478 e. The molecule has 2 aromatic carbocycles. The Morgan fingerprint density at radius 3 is 2.65 bits per heavy atom. The molecule has 0 fully saturated rings. The Labute approximate surface area is 151 Å². The molecule has 1 unspecified atom stereocenters. The first-order chi connectivity index (χ1) is 12.5. The van der Waals surface area contributed by atoms with Crippen LogP contribution in [0.25, 0.3) is 0 Å². The van der Waals surface area contributed by atoms with Gasteiger partial charge in [-0.05, 0) is 42.7 Å². The van der Waals surface area contributed by atoms with Crippen molar-refractivity contribution in [3.63, 3.8) is 0 Å². The van der Waals surface area contributed by atoms with E-state index in [4.69, 9.17) is 5.11 Å².